The molecule has 0 spiro atoms. The molecule has 108 valence electrons. The summed E-state index contributed by atoms with van der Waals surface area (Å²) in [6.45, 7) is 6.96. The zero-order chi connectivity index (χ0) is 14.9. The number of fused-ring (bicyclic) bond motifs is 1. The molecule has 2 rings (SSSR count). The van der Waals surface area contributed by atoms with Gasteiger partial charge >= 0.3 is 0 Å². The largest absolute Gasteiger partial charge is 0.385 e. The lowest BCUT2D eigenvalue weighted by molar-refractivity contribution is 0.629. The zero-order valence-corrected chi connectivity index (χ0v) is 13.2. The van der Waals surface area contributed by atoms with E-state index in [0.29, 0.717) is 16.8 Å². The van der Waals surface area contributed by atoms with Gasteiger partial charge in [-0.05, 0) is 31.4 Å². The maximum Gasteiger partial charge on any atom is 0.161 e. The highest BCUT2D eigenvalue weighted by Gasteiger charge is 2.16. The molecule has 1 N–H and O–H groups in total. The molecule has 1 aromatic carbocycles. The van der Waals surface area contributed by atoms with Gasteiger partial charge in [-0.25, -0.2) is 4.39 Å². The number of benzene rings is 1. The second kappa shape index (κ2) is 6.15. The van der Waals surface area contributed by atoms with E-state index in [0.717, 1.165) is 24.3 Å². The van der Waals surface area contributed by atoms with E-state index in [1.807, 2.05) is 13.0 Å². The lowest BCUT2D eigenvalue weighted by Crippen LogP contribution is -2.04. The average molecular weight is 315 g/mol. The Hall–Kier alpha value is -1.06. The van der Waals surface area contributed by atoms with Crippen LogP contribution in [0.1, 0.15) is 26.5 Å². The van der Waals surface area contributed by atoms with Crippen molar-refractivity contribution in [2.75, 3.05) is 11.9 Å². The summed E-state index contributed by atoms with van der Waals surface area (Å²) in [5, 5.41) is 3.82. The first kappa shape index (κ1) is 15.3. The van der Waals surface area contributed by atoms with Gasteiger partial charge in [0, 0.05) is 23.3 Å². The van der Waals surface area contributed by atoms with Crippen LogP contribution in [0.15, 0.2) is 12.1 Å². The fraction of sp³-hybridized carbons (Fsp3) is 0.400. The van der Waals surface area contributed by atoms with Gasteiger partial charge in [0.25, 0.3) is 0 Å². The van der Waals surface area contributed by atoms with Crippen LogP contribution < -0.4 is 5.32 Å². The highest BCUT2D eigenvalue weighted by molar-refractivity contribution is 6.39. The van der Waals surface area contributed by atoms with Crippen LogP contribution in [-0.2, 0) is 6.42 Å². The molecule has 1 aromatic heterocycles. The molecule has 2 nitrogen and oxygen atoms in total. The maximum atomic E-state index is 13.9. The van der Waals surface area contributed by atoms with Crippen molar-refractivity contribution in [2.24, 2.45) is 5.92 Å². The van der Waals surface area contributed by atoms with Gasteiger partial charge in [0.05, 0.1) is 15.6 Å². The Morgan fingerprint density at radius 2 is 2.00 bits per heavy atom. The number of pyridine rings is 1. The molecule has 0 aliphatic heterocycles. The topological polar surface area (TPSA) is 24.9 Å². The minimum absolute atomic E-state index is 0.000791. The highest BCUT2D eigenvalue weighted by Crippen LogP contribution is 2.36. The van der Waals surface area contributed by atoms with Crippen molar-refractivity contribution in [2.45, 2.75) is 27.2 Å². The molecule has 0 atom stereocenters. The van der Waals surface area contributed by atoms with Crippen LogP contribution in [0.3, 0.4) is 0 Å². The Morgan fingerprint density at radius 3 is 2.60 bits per heavy atom. The third-order valence-corrected chi connectivity index (χ3v) is 3.60. The SMILES string of the molecule is CCNc1cc(CC(C)C)nc2cc(Cl)c(F)c(Cl)c12. The monoisotopic (exact) mass is 314 g/mol. The lowest BCUT2D eigenvalue weighted by atomic mass is 10.1. The number of nitrogens with one attached hydrogen (secondary N) is 1. The molecule has 0 fully saturated rings. The fourth-order valence-corrected chi connectivity index (χ4v) is 2.75. The summed E-state index contributed by atoms with van der Waals surface area (Å²) in [4.78, 5) is 4.55. The summed E-state index contributed by atoms with van der Waals surface area (Å²) in [7, 11) is 0. The predicted molar refractivity (Wildman–Crippen MR) is 84.4 cm³/mol. The minimum atomic E-state index is -0.599. The molecule has 1 heterocycles. The summed E-state index contributed by atoms with van der Waals surface area (Å²) < 4.78 is 13.9. The molecule has 20 heavy (non-hydrogen) atoms. The van der Waals surface area contributed by atoms with E-state index in [-0.39, 0.29) is 10.0 Å². The maximum absolute atomic E-state index is 13.9. The molecule has 0 amide bonds. The number of hydrogen-bond acceptors (Lipinski definition) is 2. The lowest BCUT2D eigenvalue weighted by Gasteiger charge is -2.14. The van der Waals surface area contributed by atoms with Gasteiger partial charge in [0.1, 0.15) is 0 Å². The van der Waals surface area contributed by atoms with Gasteiger partial charge in [0.2, 0.25) is 0 Å². The fourth-order valence-electron chi connectivity index (χ4n) is 2.21. The number of halogens is 3. The van der Waals surface area contributed by atoms with Gasteiger partial charge in [-0.3, -0.25) is 4.98 Å². The summed E-state index contributed by atoms with van der Waals surface area (Å²) in [6.07, 6.45) is 0.848. The molecule has 0 aliphatic carbocycles. The second-order valence-electron chi connectivity index (χ2n) is 5.17. The quantitative estimate of drug-likeness (QED) is 0.773. The van der Waals surface area contributed by atoms with E-state index in [4.69, 9.17) is 23.2 Å². The third-order valence-electron chi connectivity index (χ3n) is 2.97. The molecular weight excluding hydrogens is 298 g/mol. The van der Waals surface area contributed by atoms with Crippen LogP contribution in [0, 0.1) is 11.7 Å². The Labute approximate surface area is 128 Å². The van der Waals surface area contributed by atoms with Gasteiger partial charge < -0.3 is 5.32 Å². The number of rotatable bonds is 4. The first-order valence-corrected chi connectivity index (χ1v) is 7.40. The van der Waals surface area contributed by atoms with Crippen molar-refractivity contribution >= 4 is 39.8 Å². The predicted octanol–water partition coefficient (Wildman–Crippen LogP) is 5.31. The first-order valence-electron chi connectivity index (χ1n) is 6.65. The Kier molecular flexibility index (Phi) is 4.71. The molecule has 0 saturated heterocycles. The van der Waals surface area contributed by atoms with Gasteiger partial charge in [0.15, 0.2) is 5.82 Å². The van der Waals surface area contributed by atoms with Crippen molar-refractivity contribution in [1.82, 2.24) is 4.98 Å². The Bertz CT molecular complexity index is 642. The van der Waals surface area contributed by atoms with Crippen molar-refractivity contribution < 1.29 is 4.39 Å². The van der Waals surface area contributed by atoms with Crippen molar-refractivity contribution in [3.8, 4) is 0 Å². The molecule has 0 saturated carbocycles. The number of aromatic nitrogens is 1. The van der Waals surface area contributed by atoms with Crippen LogP contribution in [0.4, 0.5) is 10.1 Å². The van der Waals surface area contributed by atoms with E-state index in [9.17, 15) is 4.39 Å². The normalized spacial score (nSPS) is 11.3. The molecule has 0 unspecified atom stereocenters. The Balaban J connectivity index is 2.71. The first-order chi connectivity index (χ1) is 9.43. The van der Waals surface area contributed by atoms with Crippen LogP contribution in [0.2, 0.25) is 10.0 Å². The van der Waals surface area contributed by atoms with Crippen LogP contribution >= 0.6 is 23.2 Å². The van der Waals surface area contributed by atoms with Crippen LogP contribution in [-0.4, -0.2) is 11.5 Å². The minimum Gasteiger partial charge on any atom is -0.385 e. The van der Waals surface area contributed by atoms with E-state index in [1.54, 1.807) is 0 Å². The van der Waals surface area contributed by atoms with Gasteiger partial charge in [-0.1, -0.05) is 37.0 Å². The van der Waals surface area contributed by atoms with E-state index < -0.39 is 5.82 Å². The van der Waals surface area contributed by atoms with Crippen molar-refractivity contribution in [3.05, 3.63) is 33.7 Å². The van der Waals surface area contributed by atoms with E-state index in [1.165, 1.54) is 6.07 Å². The van der Waals surface area contributed by atoms with E-state index >= 15 is 0 Å². The van der Waals surface area contributed by atoms with Crippen LogP contribution in [0.25, 0.3) is 10.9 Å². The number of nitrogens with zero attached hydrogens (tertiary/aromatic N) is 1. The van der Waals surface area contributed by atoms with Crippen LogP contribution in [0.5, 0.6) is 0 Å². The average Bonchev–Trinajstić information content (AvgIpc) is 2.35. The molecule has 0 radical (unpaired) electrons. The molecule has 2 aromatic rings. The summed E-state index contributed by atoms with van der Waals surface area (Å²) >= 11 is 12.0. The molecular formula is C15H17Cl2FN2. The van der Waals surface area contributed by atoms with Gasteiger partial charge in [-0.15, -0.1) is 0 Å². The summed E-state index contributed by atoms with van der Waals surface area (Å²) in [5.74, 6) is -0.112. The summed E-state index contributed by atoms with van der Waals surface area (Å²) in [5.41, 5.74) is 2.37. The standard InChI is InChI=1S/C15H17Cl2FN2/c1-4-19-11-6-9(5-8(2)3)20-12-7-10(16)15(18)14(17)13(11)12/h6-8H,4-5H2,1-3H3,(H,19,20). The smallest absolute Gasteiger partial charge is 0.161 e. The zero-order valence-electron chi connectivity index (χ0n) is 11.7. The summed E-state index contributed by atoms with van der Waals surface area (Å²) in [6, 6.07) is 3.47. The molecule has 0 bridgehead atoms. The molecule has 5 heteroatoms. The second-order valence-corrected chi connectivity index (χ2v) is 5.96. The van der Waals surface area contributed by atoms with Crippen molar-refractivity contribution in [3.63, 3.8) is 0 Å². The number of anilines is 1. The Morgan fingerprint density at radius 1 is 1.30 bits per heavy atom. The van der Waals surface area contributed by atoms with E-state index in [2.05, 4.69) is 24.1 Å². The number of hydrogen-bond donors (Lipinski definition) is 1. The highest BCUT2D eigenvalue weighted by atomic mass is 35.5. The van der Waals surface area contributed by atoms with Gasteiger partial charge in [-0.2, -0.15) is 0 Å². The third kappa shape index (κ3) is 2.99. The molecule has 0 aliphatic rings. The van der Waals surface area contributed by atoms with Crippen molar-refractivity contribution in [1.29, 1.82) is 0 Å².